The van der Waals surface area contributed by atoms with Crippen molar-refractivity contribution in [3.63, 3.8) is 0 Å². The van der Waals surface area contributed by atoms with Crippen LogP contribution in [0.3, 0.4) is 0 Å². The summed E-state index contributed by atoms with van der Waals surface area (Å²) in [4.78, 5) is 12.9. The van der Waals surface area contributed by atoms with Crippen LogP contribution in [-0.4, -0.2) is 14.2 Å². The summed E-state index contributed by atoms with van der Waals surface area (Å²) in [5, 5.41) is 3.06. The van der Waals surface area contributed by atoms with E-state index in [2.05, 4.69) is 5.32 Å². The van der Waals surface area contributed by atoms with Crippen LogP contribution in [0, 0.1) is 6.92 Å². The summed E-state index contributed by atoms with van der Waals surface area (Å²) >= 11 is 0. The van der Waals surface area contributed by atoms with E-state index in [4.69, 9.17) is 0 Å². The van der Waals surface area contributed by atoms with Gasteiger partial charge in [-0.2, -0.15) is 0 Å². The summed E-state index contributed by atoms with van der Waals surface area (Å²) in [6, 6.07) is 22.2. The number of para-hydroxylation sites is 2. The lowest BCUT2D eigenvalue weighted by Gasteiger charge is -2.31. The van der Waals surface area contributed by atoms with E-state index in [1.54, 1.807) is 24.3 Å². The molecule has 31 heavy (non-hydrogen) atoms. The molecular weight excluding hydrogens is 408 g/mol. The number of hydrogen-bond acceptors (Lipinski definition) is 4. The number of Topliss-reactive ketones (excluding diaryl/α,β-unsaturated/α-hetero) is 1. The smallest absolute Gasteiger partial charge is 0.270 e. The Kier molecular flexibility index (Phi) is 5.65. The van der Waals surface area contributed by atoms with Gasteiger partial charge in [-0.1, -0.05) is 67.1 Å². The molecule has 0 radical (unpaired) electrons. The van der Waals surface area contributed by atoms with Gasteiger partial charge in [0, 0.05) is 17.5 Å². The van der Waals surface area contributed by atoms with Gasteiger partial charge in [0.2, 0.25) is 5.78 Å². The number of nitrogens with one attached hydrogen (secondary N) is 1. The monoisotopic (exact) mass is 432 g/mol. The molecule has 0 aromatic heterocycles. The molecule has 1 heterocycles. The van der Waals surface area contributed by atoms with Crippen molar-refractivity contribution in [2.24, 2.45) is 0 Å². The zero-order valence-corrected chi connectivity index (χ0v) is 18.3. The third-order valence-corrected chi connectivity index (χ3v) is 7.14. The van der Waals surface area contributed by atoms with E-state index in [1.807, 2.05) is 62.4 Å². The van der Waals surface area contributed by atoms with E-state index < -0.39 is 15.8 Å². The highest BCUT2D eigenvalue weighted by molar-refractivity contribution is 7.97. The van der Waals surface area contributed by atoms with Crippen molar-refractivity contribution in [3.05, 3.63) is 106 Å². The van der Waals surface area contributed by atoms with Crippen LogP contribution >= 0.6 is 0 Å². The molecule has 1 aliphatic heterocycles. The Morgan fingerprint density at radius 1 is 0.968 bits per heavy atom. The van der Waals surface area contributed by atoms with Gasteiger partial charge in [0.15, 0.2) is 4.91 Å². The van der Waals surface area contributed by atoms with Crippen LogP contribution in [0.4, 0.5) is 11.4 Å². The summed E-state index contributed by atoms with van der Waals surface area (Å²) in [7, 11) is -4.05. The largest absolute Gasteiger partial charge is 0.360 e. The maximum absolute atomic E-state index is 13.5. The SMILES string of the molecule is CCc1ccccc1N/C=C1\C(=O)c2ccccc2N(Cc2cccc(C)c2)S1(=O)=O. The first-order valence-corrected chi connectivity index (χ1v) is 11.6. The van der Waals surface area contributed by atoms with Crippen molar-refractivity contribution in [2.45, 2.75) is 26.8 Å². The molecule has 5 nitrogen and oxygen atoms in total. The highest BCUT2D eigenvalue weighted by Crippen LogP contribution is 2.36. The standard InChI is InChI=1S/C25H24N2O3S/c1-3-20-11-4-6-13-22(20)26-16-24-25(28)21-12-5-7-14-23(21)27(31(24,29)30)17-19-10-8-9-18(2)15-19/h4-16,26H,3,17H2,1-2H3/b24-16+. The summed E-state index contributed by atoms with van der Waals surface area (Å²) in [6.07, 6.45) is 2.11. The van der Waals surface area contributed by atoms with Gasteiger partial charge in [-0.15, -0.1) is 0 Å². The van der Waals surface area contributed by atoms with E-state index in [1.165, 1.54) is 10.5 Å². The highest BCUT2D eigenvalue weighted by atomic mass is 32.2. The fraction of sp³-hybridized carbons (Fsp3) is 0.160. The van der Waals surface area contributed by atoms with Crippen LogP contribution < -0.4 is 9.62 Å². The number of aryl methyl sites for hydroxylation is 2. The van der Waals surface area contributed by atoms with E-state index in [0.29, 0.717) is 11.3 Å². The van der Waals surface area contributed by atoms with Crippen molar-refractivity contribution in [2.75, 3.05) is 9.62 Å². The molecule has 0 unspecified atom stereocenters. The molecule has 1 N–H and O–H groups in total. The first kappa shape index (κ1) is 20.9. The highest BCUT2D eigenvalue weighted by Gasteiger charge is 2.40. The summed E-state index contributed by atoms with van der Waals surface area (Å²) in [5.74, 6) is -0.502. The van der Waals surface area contributed by atoms with E-state index >= 15 is 0 Å². The summed E-state index contributed by atoms with van der Waals surface area (Å²) in [5.41, 5.74) is 4.50. The molecule has 1 aliphatic rings. The van der Waals surface area contributed by atoms with Crippen molar-refractivity contribution >= 4 is 27.2 Å². The lowest BCUT2D eigenvalue weighted by Crippen LogP contribution is -2.39. The van der Waals surface area contributed by atoms with Gasteiger partial charge >= 0.3 is 0 Å². The lowest BCUT2D eigenvalue weighted by molar-refractivity contribution is 0.104. The molecule has 0 saturated carbocycles. The topological polar surface area (TPSA) is 66.5 Å². The second-order valence-electron chi connectivity index (χ2n) is 7.51. The van der Waals surface area contributed by atoms with Crippen molar-refractivity contribution < 1.29 is 13.2 Å². The minimum atomic E-state index is -4.05. The molecule has 0 bridgehead atoms. The van der Waals surface area contributed by atoms with Crippen LogP contribution in [0.2, 0.25) is 0 Å². The fourth-order valence-electron chi connectivity index (χ4n) is 3.78. The number of allylic oxidation sites excluding steroid dienone is 1. The molecule has 6 heteroatoms. The molecule has 0 saturated heterocycles. The molecule has 3 aromatic carbocycles. The third kappa shape index (κ3) is 3.99. The van der Waals surface area contributed by atoms with Crippen molar-refractivity contribution in [1.29, 1.82) is 0 Å². The molecule has 4 rings (SSSR count). The minimum absolute atomic E-state index is 0.150. The van der Waals surface area contributed by atoms with Crippen LogP contribution in [0.25, 0.3) is 0 Å². The molecule has 0 atom stereocenters. The van der Waals surface area contributed by atoms with Gasteiger partial charge in [-0.25, -0.2) is 8.42 Å². The third-order valence-electron chi connectivity index (χ3n) is 5.37. The minimum Gasteiger partial charge on any atom is -0.360 e. The van der Waals surface area contributed by atoms with Crippen LogP contribution in [0.15, 0.2) is 83.9 Å². The predicted molar refractivity (Wildman–Crippen MR) is 125 cm³/mol. The molecule has 0 spiro atoms. The van der Waals surface area contributed by atoms with E-state index in [9.17, 15) is 13.2 Å². The number of nitrogens with zero attached hydrogens (tertiary/aromatic N) is 1. The maximum Gasteiger partial charge on any atom is 0.270 e. The number of rotatable bonds is 5. The molecule has 3 aromatic rings. The number of anilines is 2. The summed E-state index contributed by atoms with van der Waals surface area (Å²) in [6.45, 7) is 4.14. The Labute approximate surface area is 183 Å². The molecule has 0 amide bonds. The van der Waals surface area contributed by atoms with Crippen molar-refractivity contribution in [1.82, 2.24) is 0 Å². The second-order valence-corrected chi connectivity index (χ2v) is 9.34. The number of carbonyl (C=O) groups is 1. The normalized spacial score (nSPS) is 16.3. The van der Waals surface area contributed by atoms with Crippen LogP contribution in [0.1, 0.15) is 34.0 Å². The number of ketones is 1. The number of carbonyl (C=O) groups excluding carboxylic acids is 1. The quantitative estimate of drug-likeness (QED) is 0.574. The molecule has 0 fully saturated rings. The average molecular weight is 433 g/mol. The zero-order valence-electron chi connectivity index (χ0n) is 17.5. The van der Waals surface area contributed by atoms with Gasteiger partial charge in [-0.05, 0) is 42.7 Å². The Morgan fingerprint density at radius 2 is 1.71 bits per heavy atom. The predicted octanol–water partition coefficient (Wildman–Crippen LogP) is 5.04. The Bertz CT molecular complexity index is 1280. The van der Waals surface area contributed by atoms with Gasteiger partial charge in [-0.3, -0.25) is 9.10 Å². The van der Waals surface area contributed by atoms with Crippen molar-refractivity contribution in [3.8, 4) is 0 Å². The lowest BCUT2D eigenvalue weighted by atomic mass is 10.1. The van der Waals surface area contributed by atoms with Gasteiger partial charge in [0.1, 0.15) is 0 Å². The molecule has 0 aliphatic carbocycles. The van der Waals surface area contributed by atoms with Gasteiger partial charge < -0.3 is 5.32 Å². The Balaban J connectivity index is 1.79. The van der Waals surface area contributed by atoms with E-state index in [0.717, 1.165) is 28.8 Å². The Morgan fingerprint density at radius 3 is 2.48 bits per heavy atom. The molecule has 158 valence electrons. The molecular formula is C25H24N2O3S. The van der Waals surface area contributed by atoms with Crippen LogP contribution in [-0.2, 0) is 23.0 Å². The Hall–Kier alpha value is -3.38. The second kappa shape index (κ2) is 8.40. The fourth-order valence-corrected chi connectivity index (χ4v) is 5.31. The number of sulfonamides is 1. The number of hydrogen-bond donors (Lipinski definition) is 1. The summed E-state index contributed by atoms with van der Waals surface area (Å²) < 4.78 is 28.4. The van der Waals surface area contributed by atoms with E-state index in [-0.39, 0.29) is 11.4 Å². The maximum atomic E-state index is 13.5. The van der Waals surface area contributed by atoms with Crippen LogP contribution in [0.5, 0.6) is 0 Å². The van der Waals surface area contributed by atoms with Gasteiger partial charge in [0.05, 0.1) is 12.2 Å². The first-order chi connectivity index (χ1) is 14.9. The number of fused-ring (bicyclic) bond motifs is 1. The zero-order chi connectivity index (χ0) is 22.0. The number of benzene rings is 3. The van der Waals surface area contributed by atoms with Gasteiger partial charge in [0.25, 0.3) is 10.0 Å². The average Bonchev–Trinajstić information content (AvgIpc) is 2.77. The first-order valence-electron chi connectivity index (χ1n) is 10.2.